The molecule has 0 radical (unpaired) electrons. The van der Waals surface area contributed by atoms with E-state index >= 15 is 0 Å². The first kappa shape index (κ1) is 17.4. The van der Waals surface area contributed by atoms with Gasteiger partial charge in [0.25, 0.3) is 0 Å². The quantitative estimate of drug-likeness (QED) is 0.861. The van der Waals surface area contributed by atoms with Crippen LogP contribution in [-0.2, 0) is 0 Å². The van der Waals surface area contributed by atoms with E-state index < -0.39 is 0 Å². The summed E-state index contributed by atoms with van der Waals surface area (Å²) in [5.74, 6) is 0.421. The van der Waals surface area contributed by atoms with Crippen LogP contribution in [0.4, 0.5) is 10.1 Å². The molecule has 1 aromatic rings. The van der Waals surface area contributed by atoms with E-state index in [-0.39, 0.29) is 5.82 Å². The van der Waals surface area contributed by atoms with Gasteiger partial charge in [0.2, 0.25) is 0 Å². The molecule has 0 amide bonds. The Labute approximate surface area is 144 Å². The van der Waals surface area contributed by atoms with Crippen molar-refractivity contribution in [3.8, 4) is 0 Å². The number of hydrogen-bond acceptors (Lipinski definition) is 4. The molecule has 0 aliphatic carbocycles. The van der Waals surface area contributed by atoms with Crippen LogP contribution in [-0.4, -0.2) is 68.4 Å². The summed E-state index contributed by atoms with van der Waals surface area (Å²) in [5, 5.41) is 7.65. The zero-order chi connectivity index (χ0) is 17.1. The SMILES string of the molecule is CC(=N)c1ccc(N2CCCC(CN3CCN(C)CC3)C2)c(F)c1. The van der Waals surface area contributed by atoms with Crippen LogP contribution in [0.25, 0.3) is 0 Å². The van der Waals surface area contributed by atoms with E-state index in [0.717, 1.165) is 52.2 Å². The van der Waals surface area contributed by atoms with Gasteiger partial charge in [0.1, 0.15) is 5.82 Å². The highest BCUT2D eigenvalue weighted by molar-refractivity contribution is 5.96. The van der Waals surface area contributed by atoms with Gasteiger partial charge in [-0.2, -0.15) is 0 Å². The van der Waals surface area contributed by atoms with Crippen LogP contribution in [0.15, 0.2) is 18.2 Å². The fourth-order valence-electron chi connectivity index (χ4n) is 3.83. The van der Waals surface area contributed by atoms with E-state index in [1.165, 1.54) is 12.5 Å². The van der Waals surface area contributed by atoms with Crippen molar-refractivity contribution in [1.29, 1.82) is 5.41 Å². The Morgan fingerprint density at radius 3 is 2.62 bits per heavy atom. The van der Waals surface area contributed by atoms with Crippen LogP contribution >= 0.6 is 0 Å². The zero-order valence-electron chi connectivity index (χ0n) is 14.9. The van der Waals surface area contributed by atoms with Gasteiger partial charge in [-0.1, -0.05) is 6.07 Å². The molecule has 24 heavy (non-hydrogen) atoms. The lowest BCUT2D eigenvalue weighted by molar-refractivity contribution is 0.131. The number of nitrogens with zero attached hydrogens (tertiary/aromatic N) is 3. The maximum atomic E-state index is 14.5. The monoisotopic (exact) mass is 332 g/mol. The maximum Gasteiger partial charge on any atom is 0.147 e. The number of hydrogen-bond donors (Lipinski definition) is 1. The summed E-state index contributed by atoms with van der Waals surface area (Å²) in [6.07, 6.45) is 2.37. The fraction of sp³-hybridized carbons (Fsp3) is 0.632. The number of anilines is 1. The number of nitrogens with one attached hydrogen (secondary N) is 1. The van der Waals surface area contributed by atoms with Crippen molar-refractivity contribution < 1.29 is 4.39 Å². The van der Waals surface area contributed by atoms with Gasteiger partial charge in [0.05, 0.1) is 5.69 Å². The van der Waals surface area contributed by atoms with Crippen LogP contribution in [0.1, 0.15) is 25.3 Å². The topological polar surface area (TPSA) is 33.6 Å². The Morgan fingerprint density at radius 2 is 1.96 bits per heavy atom. The molecule has 3 rings (SSSR count). The van der Waals surface area contributed by atoms with Gasteiger partial charge in [-0.05, 0) is 50.4 Å². The summed E-state index contributed by atoms with van der Waals surface area (Å²) in [5.41, 5.74) is 1.78. The summed E-state index contributed by atoms with van der Waals surface area (Å²) in [7, 11) is 2.18. The lowest BCUT2D eigenvalue weighted by Gasteiger charge is -2.39. The summed E-state index contributed by atoms with van der Waals surface area (Å²) < 4.78 is 14.5. The lowest BCUT2D eigenvalue weighted by Crippen LogP contribution is -2.48. The Kier molecular flexibility index (Phi) is 5.51. The van der Waals surface area contributed by atoms with Crippen molar-refractivity contribution >= 4 is 11.4 Å². The van der Waals surface area contributed by atoms with Gasteiger partial charge in [0.15, 0.2) is 0 Å². The van der Waals surface area contributed by atoms with E-state index in [0.29, 0.717) is 22.9 Å². The van der Waals surface area contributed by atoms with Crippen molar-refractivity contribution in [1.82, 2.24) is 9.80 Å². The highest BCUT2D eigenvalue weighted by Crippen LogP contribution is 2.27. The molecule has 2 fully saturated rings. The standard InChI is InChI=1S/C19H29FN4/c1-15(21)17-5-6-19(18(20)12-17)24-7-3-4-16(14-24)13-23-10-8-22(2)9-11-23/h5-6,12,16,21H,3-4,7-11,13-14H2,1-2H3. The maximum absolute atomic E-state index is 14.5. The molecule has 0 bridgehead atoms. The molecule has 0 spiro atoms. The molecular weight excluding hydrogens is 303 g/mol. The van der Waals surface area contributed by atoms with Gasteiger partial charge < -0.3 is 20.1 Å². The third kappa shape index (κ3) is 4.14. The van der Waals surface area contributed by atoms with Crippen LogP contribution in [0.5, 0.6) is 0 Å². The average molecular weight is 332 g/mol. The van der Waals surface area contributed by atoms with Crippen LogP contribution < -0.4 is 4.90 Å². The highest BCUT2D eigenvalue weighted by atomic mass is 19.1. The number of rotatable bonds is 4. The average Bonchev–Trinajstić information content (AvgIpc) is 2.57. The molecule has 1 aromatic carbocycles. The predicted octanol–water partition coefficient (Wildman–Crippen LogP) is 2.68. The van der Waals surface area contributed by atoms with Gasteiger partial charge in [0, 0.05) is 51.5 Å². The lowest BCUT2D eigenvalue weighted by atomic mass is 9.96. The van der Waals surface area contributed by atoms with E-state index in [1.807, 2.05) is 12.1 Å². The number of benzene rings is 1. The summed E-state index contributed by atoms with van der Waals surface area (Å²) in [6.45, 7) is 9.28. The van der Waals surface area contributed by atoms with Crippen molar-refractivity contribution in [2.24, 2.45) is 5.92 Å². The smallest absolute Gasteiger partial charge is 0.147 e. The summed E-state index contributed by atoms with van der Waals surface area (Å²) >= 11 is 0. The number of piperazine rings is 1. The summed E-state index contributed by atoms with van der Waals surface area (Å²) in [6, 6.07) is 5.22. The van der Waals surface area contributed by atoms with E-state index in [9.17, 15) is 4.39 Å². The molecule has 2 heterocycles. The van der Waals surface area contributed by atoms with E-state index in [1.54, 1.807) is 6.92 Å². The first-order valence-corrected chi connectivity index (χ1v) is 9.04. The minimum Gasteiger partial charge on any atom is -0.369 e. The largest absolute Gasteiger partial charge is 0.369 e. The first-order valence-electron chi connectivity index (χ1n) is 9.04. The molecular formula is C19H29FN4. The van der Waals surface area contributed by atoms with Gasteiger partial charge in [-0.25, -0.2) is 4.39 Å². The predicted molar refractivity (Wildman–Crippen MR) is 97.8 cm³/mol. The Morgan fingerprint density at radius 1 is 1.21 bits per heavy atom. The normalized spacial score (nSPS) is 23.5. The molecule has 2 saturated heterocycles. The molecule has 1 unspecified atom stereocenters. The molecule has 1 N–H and O–H groups in total. The molecule has 2 aliphatic heterocycles. The van der Waals surface area contributed by atoms with Crippen molar-refractivity contribution in [2.45, 2.75) is 19.8 Å². The van der Waals surface area contributed by atoms with E-state index in [2.05, 4.69) is 21.7 Å². The fourth-order valence-corrected chi connectivity index (χ4v) is 3.83. The van der Waals surface area contributed by atoms with Crippen LogP contribution in [0, 0.1) is 17.1 Å². The second kappa shape index (κ2) is 7.62. The molecule has 2 aliphatic rings. The second-order valence-corrected chi connectivity index (χ2v) is 7.35. The third-order valence-electron chi connectivity index (χ3n) is 5.35. The van der Waals surface area contributed by atoms with Crippen molar-refractivity contribution in [2.75, 3.05) is 57.8 Å². The number of halogens is 1. The molecule has 0 saturated carbocycles. The zero-order valence-corrected chi connectivity index (χ0v) is 14.9. The molecule has 5 heteroatoms. The molecule has 0 aromatic heterocycles. The Balaban J connectivity index is 1.62. The van der Waals surface area contributed by atoms with Crippen LogP contribution in [0.2, 0.25) is 0 Å². The molecule has 4 nitrogen and oxygen atoms in total. The Bertz CT molecular complexity index is 581. The molecule has 1 atom stereocenters. The number of likely N-dealkylation sites (N-methyl/N-ethyl adjacent to an activating group) is 1. The first-order chi connectivity index (χ1) is 11.5. The minimum absolute atomic E-state index is 0.195. The van der Waals surface area contributed by atoms with Crippen LogP contribution in [0.3, 0.4) is 0 Å². The van der Waals surface area contributed by atoms with Gasteiger partial charge in [-0.3, -0.25) is 0 Å². The molecule has 132 valence electrons. The second-order valence-electron chi connectivity index (χ2n) is 7.35. The van der Waals surface area contributed by atoms with Gasteiger partial charge in [-0.15, -0.1) is 0 Å². The van der Waals surface area contributed by atoms with Crippen molar-refractivity contribution in [3.05, 3.63) is 29.6 Å². The summed E-state index contributed by atoms with van der Waals surface area (Å²) in [4.78, 5) is 7.14. The highest BCUT2D eigenvalue weighted by Gasteiger charge is 2.25. The van der Waals surface area contributed by atoms with Gasteiger partial charge >= 0.3 is 0 Å². The Hall–Kier alpha value is -1.46. The third-order valence-corrected chi connectivity index (χ3v) is 5.35. The minimum atomic E-state index is -0.195. The number of piperidine rings is 1. The van der Waals surface area contributed by atoms with E-state index in [4.69, 9.17) is 5.41 Å². The van der Waals surface area contributed by atoms with Crippen molar-refractivity contribution in [3.63, 3.8) is 0 Å².